The van der Waals surface area contributed by atoms with E-state index in [1.807, 2.05) is 12.1 Å². The van der Waals surface area contributed by atoms with Gasteiger partial charge in [-0.1, -0.05) is 0 Å². The minimum Gasteiger partial charge on any atom is -0.482 e. The second kappa shape index (κ2) is 7.37. The van der Waals surface area contributed by atoms with Gasteiger partial charge in [0, 0.05) is 43.2 Å². The topological polar surface area (TPSA) is 95.8 Å². The highest BCUT2D eigenvalue weighted by Crippen LogP contribution is 2.27. The maximum Gasteiger partial charge on any atom is 0.341 e. The summed E-state index contributed by atoms with van der Waals surface area (Å²) >= 11 is 0. The molecule has 1 aromatic carbocycles. The molecule has 1 aromatic heterocycles. The first kappa shape index (κ1) is 16.4. The third-order valence-electron chi connectivity index (χ3n) is 3.91. The van der Waals surface area contributed by atoms with Gasteiger partial charge in [0.2, 0.25) is 0 Å². The van der Waals surface area contributed by atoms with Crippen LogP contribution in [-0.2, 0) is 11.3 Å². The van der Waals surface area contributed by atoms with Gasteiger partial charge in [0.05, 0.1) is 18.0 Å². The largest absolute Gasteiger partial charge is 0.482 e. The third-order valence-corrected chi connectivity index (χ3v) is 3.91. The summed E-state index contributed by atoms with van der Waals surface area (Å²) in [6.45, 7) is 1.60. The van der Waals surface area contributed by atoms with Crippen LogP contribution in [0.5, 0.6) is 5.75 Å². The van der Waals surface area contributed by atoms with E-state index in [0.29, 0.717) is 18.8 Å². The number of ether oxygens (including phenoxy) is 1. The zero-order chi connectivity index (χ0) is 16.9. The number of carboxylic acids is 1. The van der Waals surface area contributed by atoms with Crippen molar-refractivity contribution in [3.8, 4) is 17.0 Å². The van der Waals surface area contributed by atoms with Crippen LogP contribution in [0, 0.1) is 0 Å². The summed E-state index contributed by atoms with van der Waals surface area (Å²) in [5.41, 5.74) is 2.50. The number of carboxylic acid groups (broad SMARTS) is 1. The number of hydrogen-bond donors (Lipinski definition) is 2. The van der Waals surface area contributed by atoms with Gasteiger partial charge in [-0.15, -0.1) is 0 Å². The lowest BCUT2D eigenvalue weighted by molar-refractivity contribution is -0.139. The first-order chi connectivity index (χ1) is 11.6. The van der Waals surface area contributed by atoms with Crippen molar-refractivity contribution in [2.75, 3.05) is 19.7 Å². The molecule has 1 unspecified atom stereocenters. The van der Waals surface area contributed by atoms with Crippen molar-refractivity contribution < 1.29 is 19.7 Å². The van der Waals surface area contributed by atoms with E-state index in [2.05, 4.69) is 14.9 Å². The van der Waals surface area contributed by atoms with Crippen molar-refractivity contribution in [2.24, 2.45) is 0 Å². The van der Waals surface area contributed by atoms with Crippen LogP contribution >= 0.6 is 0 Å². The summed E-state index contributed by atoms with van der Waals surface area (Å²) in [5.74, 6) is -0.484. The fourth-order valence-corrected chi connectivity index (χ4v) is 2.79. The van der Waals surface area contributed by atoms with Crippen LogP contribution in [0.4, 0.5) is 0 Å². The lowest BCUT2D eigenvalue weighted by atomic mass is 10.1. The zero-order valence-electron chi connectivity index (χ0n) is 13.1. The SMILES string of the molecule is O=C(O)COc1ccc(-c2cnccn2)cc1CN1CCC(O)C1. The van der Waals surface area contributed by atoms with E-state index in [9.17, 15) is 9.90 Å². The number of aliphatic hydroxyl groups excluding tert-OH is 1. The van der Waals surface area contributed by atoms with Gasteiger partial charge in [-0.2, -0.15) is 0 Å². The van der Waals surface area contributed by atoms with Crippen molar-refractivity contribution in [1.29, 1.82) is 0 Å². The molecule has 1 saturated heterocycles. The summed E-state index contributed by atoms with van der Waals surface area (Å²) in [5, 5.41) is 18.5. The molecule has 0 aliphatic carbocycles. The molecule has 1 fully saturated rings. The molecule has 0 radical (unpaired) electrons. The Morgan fingerprint density at radius 1 is 1.38 bits per heavy atom. The van der Waals surface area contributed by atoms with Gasteiger partial charge in [0.1, 0.15) is 5.75 Å². The Kier molecular flexibility index (Phi) is 5.02. The average Bonchev–Trinajstić information content (AvgIpc) is 2.99. The summed E-state index contributed by atoms with van der Waals surface area (Å²) in [6, 6.07) is 5.53. The van der Waals surface area contributed by atoms with E-state index < -0.39 is 5.97 Å². The first-order valence-electron chi connectivity index (χ1n) is 7.76. The summed E-state index contributed by atoms with van der Waals surface area (Å²) < 4.78 is 5.40. The maximum absolute atomic E-state index is 10.8. The molecule has 0 amide bonds. The monoisotopic (exact) mass is 329 g/mol. The standard InChI is InChI=1S/C17H19N3O4/c21-14-3-6-20(10-14)9-13-7-12(15-8-18-4-5-19-15)1-2-16(13)24-11-17(22)23/h1-2,4-5,7-8,14,21H,3,6,9-11H2,(H,22,23). The van der Waals surface area contributed by atoms with Crippen LogP contribution in [-0.4, -0.2) is 56.9 Å². The van der Waals surface area contributed by atoms with E-state index >= 15 is 0 Å². The number of likely N-dealkylation sites (tertiary alicyclic amines) is 1. The first-order valence-corrected chi connectivity index (χ1v) is 7.76. The molecule has 1 atom stereocenters. The Morgan fingerprint density at radius 2 is 2.25 bits per heavy atom. The average molecular weight is 329 g/mol. The fourth-order valence-electron chi connectivity index (χ4n) is 2.79. The molecule has 2 aromatic rings. The van der Waals surface area contributed by atoms with Crippen LogP contribution in [0.3, 0.4) is 0 Å². The molecule has 3 rings (SSSR count). The van der Waals surface area contributed by atoms with Crippen LogP contribution in [0.25, 0.3) is 11.3 Å². The Balaban J connectivity index is 1.86. The van der Waals surface area contributed by atoms with Crippen molar-refractivity contribution in [2.45, 2.75) is 19.1 Å². The van der Waals surface area contributed by atoms with Crippen molar-refractivity contribution in [1.82, 2.24) is 14.9 Å². The predicted octanol–water partition coefficient (Wildman–Crippen LogP) is 1.17. The molecule has 2 N–H and O–H groups in total. The molecule has 1 aliphatic rings. The second-order valence-corrected chi connectivity index (χ2v) is 5.77. The smallest absolute Gasteiger partial charge is 0.341 e. The summed E-state index contributed by atoms with van der Waals surface area (Å²) in [4.78, 5) is 21.3. The summed E-state index contributed by atoms with van der Waals surface area (Å²) in [7, 11) is 0. The quantitative estimate of drug-likeness (QED) is 0.821. The summed E-state index contributed by atoms with van der Waals surface area (Å²) in [6.07, 6.45) is 5.35. The Morgan fingerprint density at radius 3 is 2.92 bits per heavy atom. The van der Waals surface area contributed by atoms with E-state index in [1.165, 1.54) is 0 Å². The fraction of sp³-hybridized carbons (Fsp3) is 0.353. The third kappa shape index (κ3) is 4.06. The number of rotatable bonds is 6. The molecule has 7 nitrogen and oxygen atoms in total. The second-order valence-electron chi connectivity index (χ2n) is 5.77. The molecule has 24 heavy (non-hydrogen) atoms. The van der Waals surface area contributed by atoms with Gasteiger partial charge in [0.15, 0.2) is 6.61 Å². The van der Waals surface area contributed by atoms with Crippen molar-refractivity contribution in [3.05, 3.63) is 42.4 Å². The van der Waals surface area contributed by atoms with Crippen LogP contribution < -0.4 is 4.74 Å². The highest BCUT2D eigenvalue weighted by molar-refractivity contribution is 5.69. The molecule has 126 valence electrons. The predicted molar refractivity (Wildman–Crippen MR) is 86.5 cm³/mol. The van der Waals surface area contributed by atoms with Gasteiger partial charge in [0.25, 0.3) is 0 Å². The molecule has 7 heteroatoms. The molecular weight excluding hydrogens is 310 g/mol. The molecule has 0 bridgehead atoms. The molecule has 0 spiro atoms. The van der Waals surface area contributed by atoms with Crippen molar-refractivity contribution >= 4 is 5.97 Å². The molecule has 0 saturated carbocycles. The van der Waals surface area contributed by atoms with E-state index in [0.717, 1.165) is 29.8 Å². The minimum absolute atomic E-state index is 0.309. The Hall–Kier alpha value is -2.51. The highest BCUT2D eigenvalue weighted by atomic mass is 16.5. The van der Waals surface area contributed by atoms with Gasteiger partial charge in [-0.3, -0.25) is 14.9 Å². The van der Waals surface area contributed by atoms with Crippen LogP contribution in [0.15, 0.2) is 36.8 Å². The Labute approximate surface area is 139 Å². The number of nitrogens with zero attached hydrogens (tertiary/aromatic N) is 3. The number of carbonyl (C=O) groups is 1. The van der Waals surface area contributed by atoms with E-state index in [4.69, 9.17) is 9.84 Å². The van der Waals surface area contributed by atoms with Gasteiger partial charge in [-0.25, -0.2) is 4.79 Å². The maximum atomic E-state index is 10.8. The van der Waals surface area contributed by atoms with E-state index in [-0.39, 0.29) is 12.7 Å². The number of aliphatic carboxylic acids is 1. The van der Waals surface area contributed by atoms with Gasteiger partial charge in [-0.05, 0) is 24.6 Å². The minimum atomic E-state index is -1.02. The lowest BCUT2D eigenvalue weighted by Crippen LogP contribution is -2.22. The normalized spacial score (nSPS) is 17.8. The van der Waals surface area contributed by atoms with Crippen molar-refractivity contribution in [3.63, 3.8) is 0 Å². The zero-order valence-corrected chi connectivity index (χ0v) is 13.1. The number of benzene rings is 1. The number of β-amino-alcohol motifs (C(OH)–C–C–N with tert-alkyl or cyclic N) is 1. The molecule has 1 aliphatic heterocycles. The number of aromatic nitrogens is 2. The highest BCUT2D eigenvalue weighted by Gasteiger charge is 2.21. The molecular formula is C17H19N3O4. The Bertz CT molecular complexity index is 708. The van der Waals surface area contributed by atoms with Crippen LogP contribution in [0.1, 0.15) is 12.0 Å². The van der Waals surface area contributed by atoms with E-state index in [1.54, 1.807) is 24.7 Å². The lowest BCUT2D eigenvalue weighted by Gasteiger charge is -2.18. The number of hydrogen-bond acceptors (Lipinski definition) is 6. The number of aliphatic hydroxyl groups is 1. The molecule has 2 heterocycles. The van der Waals surface area contributed by atoms with Crippen LogP contribution in [0.2, 0.25) is 0 Å². The van der Waals surface area contributed by atoms with Gasteiger partial charge < -0.3 is 14.9 Å². The van der Waals surface area contributed by atoms with Gasteiger partial charge >= 0.3 is 5.97 Å².